The summed E-state index contributed by atoms with van der Waals surface area (Å²) in [5.74, 6) is -0.307. The highest BCUT2D eigenvalue weighted by atomic mass is 16.8. The molecule has 6 nitrogen and oxygen atoms in total. The molecule has 0 spiro atoms. The number of methoxy groups -OCH3 is 1. The van der Waals surface area contributed by atoms with Gasteiger partial charge >= 0.3 is 5.97 Å². The monoisotopic (exact) mass is 352 g/mol. The van der Waals surface area contributed by atoms with E-state index in [-0.39, 0.29) is 12.1 Å². The summed E-state index contributed by atoms with van der Waals surface area (Å²) in [5, 5.41) is 0. The molecular weight excluding hydrogens is 324 g/mol. The van der Waals surface area contributed by atoms with Crippen molar-refractivity contribution in [1.29, 1.82) is 0 Å². The van der Waals surface area contributed by atoms with Crippen LogP contribution in [0.25, 0.3) is 0 Å². The largest absolute Gasteiger partial charge is 0.497 e. The van der Waals surface area contributed by atoms with Crippen LogP contribution in [0.15, 0.2) is 24.3 Å². The van der Waals surface area contributed by atoms with Gasteiger partial charge in [0.1, 0.15) is 5.75 Å². The quantitative estimate of drug-likeness (QED) is 0.503. The summed E-state index contributed by atoms with van der Waals surface area (Å²) in [7, 11) is 1.64. The summed E-state index contributed by atoms with van der Waals surface area (Å²) < 4.78 is 27.4. The van der Waals surface area contributed by atoms with Gasteiger partial charge in [0, 0.05) is 6.61 Å². The van der Waals surface area contributed by atoms with E-state index in [4.69, 9.17) is 23.7 Å². The molecule has 140 valence electrons. The molecule has 1 aliphatic rings. The normalized spacial score (nSPS) is 21.9. The van der Waals surface area contributed by atoms with Crippen LogP contribution < -0.4 is 4.74 Å². The molecule has 0 amide bonds. The van der Waals surface area contributed by atoms with Gasteiger partial charge in [-0.25, -0.2) is 4.79 Å². The van der Waals surface area contributed by atoms with E-state index in [1.165, 1.54) is 0 Å². The molecule has 0 aliphatic carbocycles. The van der Waals surface area contributed by atoms with Crippen molar-refractivity contribution in [3.8, 4) is 5.75 Å². The van der Waals surface area contributed by atoms with E-state index >= 15 is 0 Å². The minimum absolute atomic E-state index is 0.307. The van der Waals surface area contributed by atoms with Gasteiger partial charge in [-0.2, -0.15) is 0 Å². The second-order valence-electron chi connectivity index (χ2n) is 6.39. The van der Waals surface area contributed by atoms with Crippen LogP contribution >= 0.6 is 0 Å². The highest BCUT2D eigenvalue weighted by Crippen LogP contribution is 2.31. The summed E-state index contributed by atoms with van der Waals surface area (Å²) in [6, 6.07) is 7.78. The lowest BCUT2D eigenvalue weighted by Crippen LogP contribution is -2.33. The van der Waals surface area contributed by atoms with Crippen LogP contribution in [0, 0.1) is 0 Å². The summed E-state index contributed by atoms with van der Waals surface area (Å²) in [5.41, 5.74) is 1.09. The number of hydrogen-bond donors (Lipinski definition) is 0. The Labute approximate surface area is 149 Å². The molecule has 0 unspecified atom stereocenters. The van der Waals surface area contributed by atoms with Crippen LogP contribution in [-0.4, -0.2) is 44.3 Å². The lowest BCUT2D eigenvalue weighted by Gasteiger charge is -2.16. The van der Waals surface area contributed by atoms with Crippen molar-refractivity contribution < 1.29 is 28.5 Å². The van der Waals surface area contributed by atoms with Gasteiger partial charge in [0.25, 0.3) is 0 Å². The average Bonchev–Trinajstić information content (AvgIpc) is 2.90. The second-order valence-corrected chi connectivity index (χ2v) is 6.39. The van der Waals surface area contributed by atoms with E-state index in [9.17, 15) is 4.79 Å². The molecule has 2 atom stereocenters. The summed E-state index contributed by atoms with van der Waals surface area (Å²) in [6.07, 6.45) is 0.473. The Morgan fingerprint density at radius 1 is 1.20 bits per heavy atom. The van der Waals surface area contributed by atoms with Gasteiger partial charge in [0.2, 0.25) is 0 Å². The number of rotatable bonds is 9. The van der Waals surface area contributed by atoms with Crippen LogP contribution in [0.1, 0.15) is 39.2 Å². The third-order valence-corrected chi connectivity index (χ3v) is 3.91. The molecule has 25 heavy (non-hydrogen) atoms. The lowest BCUT2D eigenvalue weighted by molar-refractivity contribution is -0.170. The van der Waals surface area contributed by atoms with Gasteiger partial charge in [0.05, 0.1) is 26.4 Å². The zero-order valence-electron chi connectivity index (χ0n) is 15.4. The van der Waals surface area contributed by atoms with E-state index in [0.29, 0.717) is 26.2 Å². The van der Waals surface area contributed by atoms with Crippen LogP contribution in [-0.2, 0) is 30.3 Å². The van der Waals surface area contributed by atoms with Crippen molar-refractivity contribution in [3.63, 3.8) is 0 Å². The Morgan fingerprint density at radius 3 is 2.56 bits per heavy atom. The zero-order chi connectivity index (χ0) is 18.3. The molecule has 1 heterocycles. The molecule has 1 aromatic carbocycles. The Morgan fingerprint density at radius 2 is 1.92 bits per heavy atom. The van der Waals surface area contributed by atoms with Crippen molar-refractivity contribution >= 4 is 5.97 Å². The summed E-state index contributed by atoms with van der Waals surface area (Å²) >= 11 is 0. The Bertz CT molecular complexity index is 539. The predicted octanol–water partition coefficient (Wildman–Crippen LogP) is 3.08. The first-order valence-corrected chi connectivity index (χ1v) is 8.68. The Balaban J connectivity index is 1.72. The minimum Gasteiger partial charge on any atom is -0.497 e. The molecule has 1 aliphatic heterocycles. The number of esters is 1. The number of carbonyl (C=O) groups excluding carboxylic acids is 1. The van der Waals surface area contributed by atoms with E-state index < -0.39 is 11.9 Å². The van der Waals surface area contributed by atoms with Crippen molar-refractivity contribution in [3.05, 3.63) is 29.8 Å². The SMILES string of the molecule is CCOC(=O)[C@@H]1OC(C)(C)O[C@H]1CCCOCc1ccc(OC)cc1. The molecular formula is C19H28O6. The lowest BCUT2D eigenvalue weighted by atomic mass is 10.1. The number of carbonyl (C=O) groups is 1. The van der Waals surface area contributed by atoms with Crippen molar-refractivity contribution in [2.75, 3.05) is 20.3 Å². The Kier molecular flexibility index (Phi) is 7.23. The van der Waals surface area contributed by atoms with E-state index in [0.717, 1.165) is 17.7 Å². The number of benzene rings is 1. The fourth-order valence-electron chi connectivity index (χ4n) is 2.77. The second kappa shape index (κ2) is 9.17. The summed E-state index contributed by atoms with van der Waals surface area (Å²) in [4.78, 5) is 12.0. The van der Waals surface area contributed by atoms with Crippen LogP contribution in [0.4, 0.5) is 0 Å². The first-order chi connectivity index (χ1) is 11.9. The molecule has 0 aromatic heterocycles. The first kappa shape index (κ1) is 19.7. The maximum atomic E-state index is 12.0. The van der Waals surface area contributed by atoms with Crippen molar-refractivity contribution in [1.82, 2.24) is 0 Å². The molecule has 1 saturated heterocycles. The average molecular weight is 352 g/mol. The number of ether oxygens (including phenoxy) is 5. The molecule has 0 N–H and O–H groups in total. The standard InChI is InChI=1S/C19H28O6/c1-5-23-18(20)17-16(24-19(2,3)25-17)7-6-12-22-13-14-8-10-15(21-4)11-9-14/h8-11,16-17H,5-7,12-13H2,1-4H3/t16-,17+/m0/s1. The molecule has 6 heteroatoms. The predicted molar refractivity (Wildman–Crippen MR) is 92.3 cm³/mol. The topological polar surface area (TPSA) is 63.2 Å². The van der Waals surface area contributed by atoms with Crippen LogP contribution in [0.3, 0.4) is 0 Å². The van der Waals surface area contributed by atoms with Crippen molar-refractivity contribution in [2.24, 2.45) is 0 Å². The van der Waals surface area contributed by atoms with Gasteiger partial charge in [-0.1, -0.05) is 12.1 Å². The van der Waals surface area contributed by atoms with E-state index in [2.05, 4.69) is 0 Å². The Hall–Kier alpha value is -1.63. The first-order valence-electron chi connectivity index (χ1n) is 8.68. The molecule has 0 radical (unpaired) electrons. The third-order valence-electron chi connectivity index (χ3n) is 3.91. The molecule has 1 fully saturated rings. The van der Waals surface area contributed by atoms with Gasteiger partial charge in [-0.05, 0) is 51.3 Å². The fourth-order valence-corrected chi connectivity index (χ4v) is 2.77. The van der Waals surface area contributed by atoms with Gasteiger partial charge in [-0.15, -0.1) is 0 Å². The highest BCUT2D eigenvalue weighted by Gasteiger charge is 2.45. The summed E-state index contributed by atoms with van der Waals surface area (Å²) in [6.45, 7) is 6.84. The van der Waals surface area contributed by atoms with Gasteiger partial charge in [0.15, 0.2) is 11.9 Å². The molecule has 1 aromatic rings. The van der Waals surface area contributed by atoms with E-state index in [1.54, 1.807) is 27.9 Å². The van der Waals surface area contributed by atoms with Crippen LogP contribution in [0.5, 0.6) is 5.75 Å². The molecule has 0 bridgehead atoms. The third kappa shape index (κ3) is 5.99. The fraction of sp³-hybridized carbons (Fsp3) is 0.632. The smallest absolute Gasteiger partial charge is 0.338 e. The van der Waals surface area contributed by atoms with Crippen molar-refractivity contribution in [2.45, 2.75) is 58.2 Å². The van der Waals surface area contributed by atoms with Crippen LogP contribution in [0.2, 0.25) is 0 Å². The zero-order valence-corrected chi connectivity index (χ0v) is 15.4. The van der Waals surface area contributed by atoms with Gasteiger partial charge < -0.3 is 23.7 Å². The maximum Gasteiger partial charge on any atom is 0.338 e. The maximum absolute atomic E-state index is 12.0. The highest BCUT2D eigenvalue weighted by molar-refractivity contribution is 5.75. The van der Waals surface area contributed by atoms with Gasteiger partial charge in [-0.3, -0.25) is 0 Å². The molecule has 0 saturated carbocycles. The van der Waals surface area contributed by atoms with E-state index in [1.807, 2.05) is 24.3 Å². The minimum atomic E-state index is -0.772. The molecule has 2 rings (SSSR count). The number of hydrogen-bond acceptors (Lipinski definition) is 6.